The quantitative estimate of drug-likeness (QED) is 0.572. The highest BCUT2D eigenvalue weighted by atomic mass is 16.6. The Balaban J connectivity index is 2.29. The molecule has 0 aliphatic heterocycles. The average molecular weight is 279 g/mol. The van der Waals surface area contributed by atoms with Gasteiger partial charge in [-0.05, 0) is 25.0 Å². The summed E-state index contributed by atoms with van der Waals surface area (Å²) in [5.74, 6) is -1.11. The van der Waals surface area contributed by atoms with Gasteiger partial charge in [0.15, 0.2) is 0 Å². The molecule has 7 nitrogen and oxygen atoms in total. The normalized spacial score (nSPS) is 22.2. The van der Waals surface area contributed by atoms with Gasteiger partial charge in [0.2, 0.25) is 0 Å². The number of nitrogens with two attached hydrogens (primary N) is 1. The Morgan fingerprint density at radius 3 is 2.70 bits per heavy atom. The molecule has 0 radical (unpaired) electrons. The van der Waals surface area contributed by atoms with E-state index < -0.39 is 10.9 Å². The average Bonchev–Trinajstić information content (AvgIpc) is 2.41. The third-order valence-electron chi connectivity index (χ3n) is 3.60. The molecule has 1 aromatic rings. The van der Waals surface area contributed by atoms with Gasteiger partial charge in [0, 0.05) is 18.2 Å². The minimum atomic E-state index is -1.11. The lowest BCUT2D eigenvalue weighted by molar-refractivity contribution is -0.384. The lowest BCUT2D eigenvalue weighted by Gasteiger charge is -2.30. The zero-order valence-electron chi connectivity index (χ0n) is 10.9. The zero-order chi connectivity index (χ0) is 14.7. The summed E-state index contributed by atoms with van der Waals surface area (Å²) in [4.78, 5) is 21.5. The van der Waals surface area contributed by atoms with E-state index in [1.165, 1.54) is 18.2 Å². The number of nitro groups is 1. The Bertz CT molecular complexity index is 532. The predicted molar refractivity (Wildman–Crippen MR) is 73.9 cm³/mol. The number of benzene rings is 1. The summed E-state index contributed by atoms with van der Waals surface area (Å²) >= 11 is 0. The van der Waals surface area contributed by atoms with Crippen molar-refractivity contribution in [3.8, 4) is 0 Å². The van der Waals surface area contributed by atoms with Crippen LogP contribution in [0.3, 0.4) is 0 Å². The minimum Gasteiger partial charge on any atom is -0.478 e. The fraction of sp³-hybridized carbons (Fsp3) is 0.462. The summed E-state index contributed by atoms with van der Waals surface area (Å²) in [6.07, 6.45) is 3.76. The number of hydrogen-bond acceptors (Lipinski definition) is 5. The molecule has 1 aliphatic rings. The Kier molecular flexibility index (Phi) is 4.19. The van der Waals surface area contributed by atoms with Crippen LogP contribution in [-0.4, -0.2) is 28.1 Å². The number of carboxylic acid groups (broad SMARTS) is 1. The van der Waals surface area contributed by atoms with Crippen molar-refractivity contribution < 1.29 is 14.8 Å². The number of hydrogen-bond donors (Lipinski definition) is 3. The van der Waals surface area contributed by atoms with E-state index in [-0.39, 0.29) is 29.0 Å². The van der Waals surface area contributed by atoms with Crippen molar-refractivity contribution in [1.82, 2.24) is 0 Å². The first-order chi connectivity index (χ1) is 9.49. The van der Waals surface area contributed by atoms with E-state index in [1.54, 1.807) is 0 Å². The van der Waals surface area contributed by atoms with Crippen LogP contribution in [0.2, 0.25) is 0 Å². The number of carboxylic acids is 1. The summed E-state index contributed by atoms with van der Waals surface area (Å²) in [5.41, 5.74) is 6.11. The molecule has 0 aromatic heterocycles. The molecule has 1 aromatic carbocycles. The van der Waals surface area contributed by atoms with Crippen molar-refractivity contribution in [2.45, 2.75) is 37.8 Å². The van der Waals surface area contributed by atoms with Crippen LogP contribution in [0.4, 0.5) is 11.4 Å². The Labute approximate surface area is 115 Å². The molecule has 1 aliphatic carbocycles. The maximum Gasteiger partial charge on any atom is 0.335 e. The SMILES string of the molecule is NC1CCCCC1Nc1cc(C(=O)O)ccc1[N+](=O)[O-]. The second kappa shape index (κ2) is 5.87. The first kappa shape index (κ1) is 14.3. The molecule has 108 valence electrons. The number of rotatable bonds is 4. The molecule has 0 spiro atoms. The monoisotopic (exact) mass is 279 g/mol. The van der Waals surface area contributed by atoms with E-state index in [1.807, 2.05) is 0 Å². The molecule has 7 heteroatoms. The highest BCUT2D eigenvalue weighted by molar-refractivity contribution is 5.90. The number of anilines is 1. The van der Waals surface area contributed by atoms with Gasteiger partial charge < -0.3 is 16.2 Å². The van der Waals surface area contributed by atoms with Gasteiger partial charge in [0.25, 0.3) is 5.69 Å². The second-order valence-electron chi connectivity index (χ2n) is 4.99. The molecule has 20 heavy (non-hydrogen) atoms. The molecule has 4 N–H and O–H groups in total. The van der Waals surface area contributed by atoms with E-state index in [9.17, 15) is 14.9 Å². The van der Waals surface area contributed by atoms with Crippen LogP contribution in [-0.2, 0) is 0 Å². The van der Waals surface area contributed by atoms with Crippen molar-refractivity contribution in [1.29, 1.82) is 0 Å². The van der Waals surface area contributed by atoms with Crippen molar-refractivity contribution >= 4 is 17.3 Å². The van der Waals surface area contributed by atoms with Gasteiger partial charge in [-0.2, -0.15) is 0 Å². The van der Waals surface area contributed by atoms with Crippen LogP contribution >= 0.6 is 0 Å². The summed E-state index contributed by atoms with van der Waals surface area (Å²) < 4.78 is 0. The van der Waals surface area contributed by atoms with Crippen LogP contribution in [0, 0.1) is 10.1 Å². The zero-order valence-corrected chi connectivity index (χ0v) is 10.9. The smallest absolute Gasteiger partial charge is 0.335 e. The van der Waals surface area contributed by atoms with Crippen molar-refractivity contribution in [3.05, 3.63) is 33.9 Å². The Morgan fingerprint density at radius 1 is 1.40 bits per heavy atom. The summed E-state index contributed by atoms with van der Waals surface area (Å²) in [6, 6.07) is 3.59. The fourth-order valence-corrected chi connectivity index (χ4v) is 2.48. The summed E-state index contributed by atoms with van der Waals surface area (Å²) in [5, 5.41) is 23.0. The molecule has 0 saturated heterocycles. The van der Waals surface area contributed by atoms with Gasteiger partial charge in [-0.1, -0.05) is 12.8 Å². The van der Waals surface area contributed by atoms with Gasteiger partial charge in [0.1, 0.15) is 5.69 Å². The van der Waals surface area contributed by atoms with Crippen LogP contribution in [0.5, 0.6) is 0 Å². The Hall–Kier alpha value is -2.15. The third kappa shape index (κ3) is 3.05. The number of carbonyl (C=O) groups is 1. The molecule has 0 bridgehead atoms. The van der Waals surface area contributed by atoms with Gasteiger partial charge in [-0.15, -0.1) is 0 Å². The van der Waals surface area contributed by atoms with Crippen LogP contribution in [0.1, 0.15) is 36.0 Å². The highest BCUT2D eigenvalue weighted by Gasteiger charge is 2.25. The lowest BCUT2D eigenvalue weighted by Crippen LogP contribution is -2.42. The van der Waals surface area contributed by atoms with E-state index in [0.29, 0.717) is 0 Å². The maximum atomic E-state index is 11.0. The standard InChI is InChI=1S/C13H17N3O4/c14-9-3-1-2-4-10(9)15-11-7-8(13(17)18)5-6-12(11)16(19)20/h5-7,9-10,15H,1-4,14H2,(H,17,18). The van der Waals surface area contributed by atoms with Gasteiger partial charge >= 0.3 is 5.97 Å². The summed E-state index contributed by atoms with van der Waals surface area (Å²) in [7, 11) is 0. The van der Waals surface area contributed by atoms with Crippen LogP contribution < -0.4 is 11.1 Å². The van der Waals surface area contributed by atoms with Gasteiger partial charge in [-0.25, -0.2) is 4.79 Å². The maximum absolute atomic E-state index is 11.0. The predicted octanol–water partition coefficient (Wildman–Crippen LogP) is 1.97. The van der Waals surface area contributed by atoms with E-state index >= 15 is 0 Å². The van der Waals surface area contributed by atoms with E-state index in [0.717, 1.165) is 25.7 Å². The molecular weight excluding hydrogens is 262 g/mol. The molecule has 1 saturated carbocycles. The van der Waals surface area contributed by atoms with Crippen molar-refractivity contribution in [3.63, 3.8) is 0 Å². The number of nitro benzene ring substituents is 1. The number of nitrogens with zero attached hydrogens (tertiary/aromatic N) is 1. The Morgan fingerprint density at radius 2 is 2.10 bits per heavy atom. The largest absolute Gasteiger partial charge is 0.478 e. The van der Waals surface area contributed by atoms with Crippen molar-refractivity contribution in [2.24, 2.45) is 5.73 Å². The first-order valence-electron chi connectivity index (χ1n) is 6.53. The molecule has 0 amide bonds. The third-order valence-corrected chi connectivity index (χ3v) is 3.60. The molecule has 2 unspecified atom stereocenters. The second-order valence-corrected chi connectivity index (χ2v) is 4.99. The minimum absolute atomic E-state index is 0.0162. The van der Waals surface area contributed by atoms with E-state index in [4.69, 9.17) is 10.8 Å². The van der Waals surface area contributed by atoms with E-state index in [2.05, 4.69) is 5.32 Å². The fourth-order valence-electron chi connectivity index (χ4n) is 2.48. The lowest BCUT2D eigenvalue weighted by atomic mass is 9.90. The molecule has 0 heterocycles. The van der Waals surface area contributed by atoms with Gasteiger partial charge in [0.05, 0.1) is 10.5 Å². The summed E-state index contributed by atoms with van der Waals surface area (Å²) in [6.45, 7) is 0. The van der Waals surface area contributed by atoms with Gasteiger partial charge in [-0.3, -0.25) is 10.1 Å². The first-order valence-corrected chi connectivity index (χ1v) is 6.53. The highest BCUT2D eigenvalue weighted by Crippen LogP contribution is 2.29. The van der Waals surface area contributed by atoms with Crippen LogP contribution in [0.25, 0.3) is 0 Å². The van der Waals surface area contributed by atoms with Crippen LogP contribution in [0.15, 0.2) is 18.2 Å². The van der Waals surface area contributed by atoms with Crippen molar-refractivity contribution in [2.75, 3.05) is 5.32 Å². The molecule has 2 rings (SSSR count). The topological polar surface area (TPSA) is 118 Å². The molecular formula is C13H17N3O4. The number of aromatic carboxylic acids is 1. The number of nitrogens with one attached hydrogen (secondary N) is 1. The molecule has 1 fully saturated rings. The molecule has 2 atom stereocenters.